The van der Waals surface area contributed by atoms with Gasteiger partial charge in [-0.1, -0.05) is 0 Å². The van der Waals surface area contributed by atoms with Gasteiger partial charge in [0.1, 0.15) is 0 Å². The molecule has 0 atom stereocenters. The van der Waals surface area contributed by atoms with E-state index in [0.29, 0.717) is 0 Å². The van der Waals surface area contributed by atoms with Gasteiger partial charge in [-0.3, -0.25) is 0 Å². The maximum Gasteiger partial charge on any atom is 1.00 e. The molecule has 0 unspecified atom stereocenters. The summed E-state index contributed by atoms with van der Waals surface area (Å²) in [4.78, 5) is 0. The average molecular weight is 294 g/mol. The van der Waals surface area contributed by atoms with Gasteiger partial charge < -0.3 is 29.6 Å². The monoisotopic (exact) mass is 294 g/mol. The van der Waals surface area contributed by atoms with Crippen molar-refractivity contribution in [2.24, 2.45) is 0 Å². The fraction of sp³-hybridized carbons (Fsp3) is 0. The van der Waals surface area contributed by atoms with E-state index in [0.717, 1.165) is 0 Å². The Morgan fingerprint density at radius 2 is 1.73 bits per heavy atom. The van der Waals surface area contributed by atoms with Crippen LogP contribution in [0.25, 0.3) is 0 Å². The van der Waals surface area contributed by atoms with Crippen LogP contribution in [-0.2, 0) is 10.4 Å². The van der Waals surface area contributed by atoms with E-state index in [2.05, 4.69) is 8.60 Å². The molecule has 0 bridgehead atoms. The largest absolute Gasteiger partial charge is 1.00 e. The molecule has 1 aromatic heterocycles. The molecule has 0 fully saturated rings. The molecule has 80 valence electrons. The molecule has 1 heterocycles. The maximum absolute atomic E-state index is 9.86. The van der Waals surface area contributed by atoms with E-state index in [-0.39, 0.29) is 125 Å². The van der Waals surface area contributed by atoms with Gasteiger partial charge in [0.25, 0.3) is 16.3 Å². The Labute approximate surface area is 171 Å². The molecule has 5 N–H and O–H groups in total. The minimum atomic E-state index is -4.69. The van der Waals surface area contributed by atoms with Crippen LogP contribution in [0.15, 0.2) is 22.8 Å². The Hall–Kier alpha value is 2.14. The fourth-order valence-electron chi connectivity index (χ4n) is 0.411. The fourth-order valence-corrected chi connectivity index (χ4v) is 0.708. The zero-order valence-corrected chi connectivity index (χ0v) is 15.2. The molecule has 1 rings (SSSR count). The molecule has 0 aliphatic heterocycles. The molecule has 0 spiro atoms. The first-order valence-electron chi connectivity index (χ1n) is 2.27. The van der Waals surface area contributed by atoms with E-state index in [1.165, 1.54) is 18.4 Å². The standard InChI is InChI=1S/C4H4O5S.2K.3H2O/c5-10(6,7)9-4-2-1-3-8-4;;;;;/h1-3H,(H,5,6,7);;;3*1H2/q;2*+1;;;/p-2. The molecule has 15 heavy (non-hydrogen) atoms. The Morgan fingerprint density at radius 3 is 2.00 bits per heavy atom. The van der Waals surface area contributed by atoms with Crippen LogP contribution >= 0.6 is 0 Å². The van der Waals surface area contributed by atoms with Crippen LogP contribution in [0.2, 0.25) is 0 Å². The zero-order valence-electron chi connectivity index (χ0n) is 8.13. The van der Waals surface area contributed by atoms with Crippen LogP contribution in [0.5, 0.6) is 5.95 Å². The molecular formula is C4H8K2O8S. The topological polar surface area (TPSA) is 173 Å². The summed E-state index contributed by atoms with van der Waals surface area (Å²) in [5.74, 6) is -0.324. The molecule has 0 aliphatic carbocycles. The van der Waals surface area contributed by atoms with Gasteiger partial charge >= 0.3 is 103 Å². The SMILES string of the molecule is O.O.O=S(=O)([O-])Oc1ccco1.[K+].[K+].[OH-]. The Kier molecular flexibility index (Phi) is 28.7. The van der Waals surface area contributed by atoms with Crippen LogP contribution in [0.1, 0.15) is 0 Å². The summed E-state index contributed by atoms with van der Waals surface area (Å²) in [6, 6.07) is 2.62. The van der Waals surface area contributed by atoms with E-state index < -0.39 is 10.4 Å². The Bertz CT molecular complexity index is 294. The summed E-state index contributed by atoms with van der Waals surface area (Å²) < 4.78 is 37.8. The molecule has 0 radical (unpaired) electrons. The number of hydrogen-bond acceptors (Lipinski definition) is 6. The molecule has 0 amide bonds. The van der Waals surface area contributed by atoms with Crippen molar-refractivity contribution in [3.05, 3.63) is 18.4 Å². The van der Waals surface area contributed by atoms with Crippen molar-refractivity contribution in [1.82, 2.24) is 0 Å². The molecular weight excluding hydrogens is 286 g/mol. The minimum absolute atomic E-state index is 0. The van der Waals surface area contributed by atoms with Crippen molar-refractivity contribution in [3.63, 3.8) is 0 Å². The predicted molar refractivity (Wildman–Crippen MR) is 38.2 cm³/mol. The van der Waals surface area contributed by atoms with Gasteiger partial charge in [0.2, 0.25) is 0 Å². The maximum atomic E-state index is 9.86. The van der Waals surface area contributed by atoms with Crippen molar-refractivity contribution in [2.75, 3.05) is 0 Å². The van der Waals surface area contributed by atoms with Gasteiger partial charge in [-0.05, 0) is 6.07 Å². The van der Waals surface area contributed by atoms with Gasteiger partial charge in [0.05, 0.1) is 6.26 Å². The molecule has 1 aromatic rings. The van der Waals surface area contributed by atoms with Crippen LogP contribution < -0.4 is 107 Å². The number of hydrogen-bond donors (Lipinski definition) is 0. The third-order valence-corrected chi connectivity index (χ3v) is 1.05. The summed E-state index contributed by atoms with van der Waals surface area (Å²) in [6.45, 7) is 0. The van der Waals surface area contributed by atoms with Crippen LogP contribution in [0.4, 0.5) is 0 Å². The van der Waals surface area contributed by atoms with E-state index >= 15 is 0 Å². The smallest absolute Gasteiger partial charge is 0.870 e. The second-order valence-electron chi connectivity index (χ2n) is 1.42. The van der Waals surface area contributed by atoms with Crippen LogP contribution in [0.3, 0.4) is 0 Å². The first kappa shape index (κ1) is 30.3. The molecule has 11 heteroatoms. The summed E-state index contributed by atoms with van der Waals surface area (Å²) >= 11 is 0. The predicted octanol–water partition coefficient (Wildman–Crippen LogP) is -7.70. The van der Waals surface area contributed by atoms with E-state index in [1.807, 2.05) is 0 Å². The summed E-state index contributed by atoms with van der Waals surface area (Å²) in [6.07, 6.45) is 1.19. The first-order valence-corrected chi connectivity index (χ1v) is 3.60. The Morgan fingerprint density at radius 1 is 1.27 bits per heavy atom. The summed E-state index contributed by atoms with van der Waals surface area (Å²) in [7, 11) is -4.69. The van der Waals surface area contributed by atoms with Crippen LogP contribution in [0, 0.1) is 0 Å². The van der Waals surface area contributed by atoms with Crippen molar-refractivity contribution in [3.8, 4) is 5.95 Å². The van der Waals surface area contributed by atoms with Crippen molar-refractivity contribution < 1.29 is 141 Å². The molecule has 8 nitrogen and oxygen atoms in total. The van der Waals surface area contributed by atoms with Gasteiger partial charge in [-0.15, -0.1) is 0 Å². The quantitative estimate of drug-likeness (QED) is 0.297. The normalized spacial score (nSPS) is 7.53. The van der Waals surface area contributed by atoms with Gasteiger partial charge in [0, 0.05) is 6.07 Å². The minimum Gasteiger partial charge on any atom is -0.870 e. The van der Waals surface area contributed by atoms with Gasteiger partial charge in [0.15, 0.2) is 0 Å². The van der Waals surface area contributed by atoms with E-state index in [1.54, 1.807) is 0 Å². The van der Waals surface area contributed by atoms with Crippen molar-refractivity contribution in [2.45, 2.75) is 0 Å². The van der Waals surface area contributed by atoms with E-state index in [9.17, 15) is 13.0 Å². The van der Waals surface area contributed by atoms with Crippen molar-refractivity contribution in [1.29, 1.82) is 0 Å². The molecule has 0 saturated carbocycles. The zero-order chi connectivity index (χ0) is 7.61. The Balaban J connectivity index is -0.0000000667. The average Bonchev–Trinajstić information content (AvgIpc) is 2.12. The summed E-state index contributed by atoms with van der Waals surface area (Å²) in [5, 5.41) is 0. The van der Waals surface area contributed by atoms with Crippen LogP contribution in [-0.4, -0.2) is 29.4 Å². The van der Waals surface area contributed by atoms with Crippen molar-refractivity contribution >= 4 is 10.4 Å². The third-order valence-electron chi connectivity index (χ3n) is 0.679. The first-order chi connectivity index (χ1) is 4.58. The second kappa shape index (κ2) is 14.2. The molecule has 0 aliphatic rings. The van der Waals surface area contributed by atoms with Gasteiger partial charge in [-0.2, -0.15) is 0 Å². The number of rotatable bonds is 2. The second-order valence-corrected chi connectivity index (χ2v) is 2.41. The molecule has 0 aromatic carbocycles. The molecule has 0 saturated heterocycles. The van der Waals surface area contributed by atoms with Gasteiger partial charge in [-0.25, -0.2) is 8.42 Å². The number of furan rings is 1. The van der Waals surface area contributed by atoms with E-state index in [4.69, 9.17) is 0 Å². The third kappa shape index (κ3) is 16.1. The summed E-state index contributed by atoms with van der Waals surface area (Å²) in [5.41, 5.74) is 0.